The van der Waals surface area contributed by atoms with Gasteiger partial charge in [-0.2, -0.15) is 5.10 Å². The highest BCUT2D eigenvalue weighted by Gasteiger charge is 2.19. The number of halogens is 1. The minimum Gasteiger partial charge on any atom is -0.504 e. The molecule has 0 fully saturated rings. The average Bonchev–Trinajstić information content (AvgIpc) is 2.59. The van der Waals surface area contributed by atoms with Gasteiger partial charge < -0.3 is 9.84 Å². The van der Waals surface area contributed by atoms with Gasteiger partial charge in [-0.05, 0) is 41.5 Å². The monoisotopic (exact) mass is 342 g/mol. The summed E-state index contributed by atoms with van der Waals surface area (Å²) in [5.41, 5.74) is 5.50. The number of ether oxygens (including phenoxy) is 1. The number of benzene rings is 2. The molecule has 3 rings (SSSR count). The molecular formula is C18H15ClN2O3. The van der Waals surface area contributed by atoms with Crippen LogP contribution in [0.5, 0.6) is 11.5 Å². The standard InChI is InChI=1S/C18H15ClN2O3/c1-24-17-9-11(2-7-16(17)22)8-13-10-15(20-21-18(13)23)12-3-5-14(19)6-4-12/h2-9,22H,10H2,1H3,(H,21,23)/b13-8-. The van der Waals surface area contributed by atoms with E-state index in [-0.39, 0.29) is 11.7 Å². The summed E-state index contributed by atoms with van der Waals surface area (Å²) in [7, 11) is 1.48. The second-order valence-corrected chi connectivity index (χ2v) is 5.72. The molecule has 5 nitrogen and oxygen atoms in total. The lowest BCUT2D eigenvalue weighted by molar-refractivity contribution is -0.117. The number of phenols is 1. The largest absolute Gasteiger partial charge is 0.504 e. The van der Waals surface area contributed by atoms with Crippen LogP contribution in [0.3, 0.4) is 0 Å². The Balaban J connectivity index is 1.89. The van der Waals surface area contributed by atoms with E-state index in [1.165, 1.54) is 13.2 Å². The summed E-state index contributed by atoms with van der Waals surface area (Å²) < 4.78 is 5.09. The highest BCUT2D eigenvalue weighted by molar-refractivity contribution is 6.30. The van der Waals surface area contributed by atoms with Gasteiger partial charge in [-0.15, -0.1) is 0 Å². The van der Waals surface area contributed by atoms with Crippen LogP contribution in [0, 0.1) is 0 Å². The van der Waals surface area contributed by atoms with Crippen LogP contribution in [-0.2, 0) is 4.79 Å². The Hall–Kier alpha value is -2.79. The lowest BCUT2D eigenvalue weighted by atomic mass is 9.98. The van der Waals surface area contributed by atoms with Crippen LogP contribution in [0.4, 0.5) is 0 Å². The topological polar surface area (TPSA) is 70.9 Å². The van der Waals surface area contributed by atoms with Crippen LogP contribution in [0.15, 0.2) is 53.1 Å². The van der Waals surface area contributed by atoms with E-state index in [1.807, 2.05) is 12.1 Å². The molecule has 6 heteroatoms. The van der Waals surface area contributed by atoms with Crippen molar-refractivity contribution < 1.29 is 14.6 Å². The van der Waals surface area contributed by atoms with Gasteiger partial charge in [0.15, 0.2) is 11.5 Å². The maximum atomic E-state index is 12.1. The molecule has 1 amide bonds. The molecule has 0 aromatic heterocycles. The Bertz CT molecular complexity index is 842. The summed E-state index contributed by atoms with van der Waals surface area (Å²) >= 11 is 5.90. The Labute approximate surface area is 144 Å². The molecule has 0 spiro atoms. The van der Waals surface area contributed by atoms with Crippen molar-refractivity contribution in [2.75, 3.05) is 7.11 Å². The molecule has 0 aliphatic carbocycles. The van der Waals surface area contributed by atoms with Crippen LogP contribution in [0.25, 0.3) is 6.08 Å². The van der Waals surface area contributed by atoms with Crippen LogP contribution in [0.2, 0.25) is 5.02 Å². The first-order valence-electron chi connectivity index (χ1n) is 7.27. The number of rotatable bonds is 3. The minimum absolute atomic E-state index is 0.0520. The number of nitrogens with zero attached hydrogens (tertiary/aromatic N) is 1. The first kappa shape index (κ1) is 16.1. The fraction of sp³-hybridized carbons (Fsp3) is 0.111. The highest BCUT2D eigenvalue weighted by Crippen LogP contribution is 2.28. The minimum atomic E-state index is -0.250. The maximum Gasteiger partial charge on any atom is 0.267 e. The number of phenolic OH excluding ortho intramolecular Hbond substituents is 1. The quantitative estimate of drug-likeness (QED) is 0.840. The van der Waals surface area contributed by atoms with E-state index >= 15 is 0 Å². The van der Waals surface area contributed by atoms with Crippen molar-refractivity contribution in [3.63, 3.8) is 0 Å². The summed E-state index contributed by atoms with van der Waals surface area (Å²) in [6.45, 7) is 0. The molecule has 2 aromatic rings. The van der Waals surface area contributed by atoms with Gasteiger partial charge in [0.1, 0.15) is 0 Å². The molecule has 1 heterocycles. The Kier molecular flexibility index (Phi) is 4.53. The molecule has 2 N–H and O–H groups in total. The number of aromatic hydroxyl groups is 1. The second-order valence-electron chi connectivity index (χ2n) is 5.28. The molecule has 24 heavy (non-hydrogen) atoms. The molecule has 1 aliphatic rings. The second kappa shape index (κ2) is 6.76. The number of methoxy groups -OCH3 is 1. The SMILES string of the molecule is COc1cc(/C=C2/CC(c3ccc(Cl)cc3)=NNC2=O)ccc1O. The van der Waals surface area contributed by atoms with Crippen molar-refractivity contribution in [3.05, 3.63) is 64.2 Å². The lowest BCUT2D eigenvalue weighted by Gasteiger charge is -2.15. The molecule has 0 bridgehead atoms. The Morgan fingerprint density at radius 1 is 1.25 bits per heavy atom. The van der Waals surface area contributed by atoms with E-state index in [0.717, 1.165) is 16.8 Å². The fourth-order valence-electron chi connectivity index (χ4n) is 2.40. The van der Waals surface area contributed by atoms with Gasteiger partial charge in [0.25, 0.3) is 5.91 Å². The number of carbonyl (C=O) groups is 1. The van der Waals surface area contributed by atoms with Crippen molar-refractivity contribution in [3.8, 4) is 11.5 Å². The van der Waals surface area contributed by atoms with Crippen molar-refractivity contribution in [2.45, 2.75) is 6.42 Å². The van der Waals surface area contributed by atoms with E-state index in [9.17, 15) is 9.90 Å². The third kappa shape index (κ3) is 3.41. The van der Waals surface area contributed by atoms with E-state index in [0.29, 0.717) is 22.8 Å². The molecule has 0 atom stereocenters. The van der Waals surface area contributed by atoms with Crippen molar-refractivity contribution >= 4 is 29.3 Å². The van der Waals surface area contributed by atoms with Gasteiger partial charge in [-0.25, -0.2) is 5.43 Å². The summed E-state index contributed by atoms with van der Waals surface area (Å²) in [5.74, 6) is 0.156. The van der Waals surface area contributed by atoms with Crippen molar-refractivity contribution in [1.82, 2.24) is 5.43 Å². The van der Waals surface area contributed by atoms with Gasteiger partial charge >= 0.3 is 0 Å². The zero-order valence-corrected chi connectivity index (χ0v) is 13.7. The Morgan fingerprint density at radius 2 is 2.00 bits per heavy atom. The molecule has 1 aliphatic heterocycles. The summed E-state index contributed by atoms with van der Waals surface area (Å²) in [6.07, 6.45) is 2.15. The number of hydrogen-bond donors (Lipinski definition) is 2. The predicted octanol–water partition coefficient (Wildman–Crippen LogP) is 3.36. The first-order chi connectivity index (χ1) is 11.6. The van der Waals surface area contributed by atoms with Crippen LogP contribution in [-0.4, -0.2) is 23.8 Å². The number of hydrogen-bond acceptors (Lipinski definition) is 4. The third-order valence-electron chi connectivity index (χ3n) is 3.66. The molecule has 0 radical (unpaired) electrons. The van der Waals surface area contributed by atoms with Gasteiger partial charge in [0.2, 0.25) is 0 Å². The van der Waals surface area contributed by atoms with Crippen LogP contribution < -0.4 is 10.2 Å². The van der Waals surface area contributed by atoms with Gasteiger partial charge in [-0.3, -0.25) is 4.79 Å². The van der Waals surface area contributed by atoms with E-state index in [4.69, 9.17) is 16.3 Å². The fourth-order valence-corrected chi connectivity index (χ4v) is 2.53. The molecule has 0 saturated heterocycles. The molecule has 122 valence electrons. The van der Waals surface area contributed by atoms with E-state index < -0.39 is 0 Å². The number of amides is 1. The van der Waals surface area contributed by atoms with Gasteiger partial charge in [0, 0.05) is 17.0 Å². The third-order valence-corrected chi connectivity index (χ3v) is 3.92. The van der Waals surface area contributed by atoms with Gasteiger partial charge in [-0.1, -0.05) is 29.8 Å². The van der Waals surface area contributed by atoms with E-state index in [2.05, 4.69) is 10.5 Å². The molecule has 0 saturated carbocycles. The average molecular weight is 343 g/mol. The number of nitrogens with one attached hydrogen (secondary N) is 1. The molecule has 2 aromatic carbocycles. The maximum absolute atomic E-state index is 12.1. The Morgan fingerprint density at radius 3 is 2.71 bits per heavy atom. The predicted molar refractivity (Wildman–Crippen MR) is 93.4 cm³/mol. The van der Waals surface area contributed by atoms with E-state index in [1.54, 1.807) is 30.3 Å². The summed E-state index contributed by atoms with van der Waals surface area (Å²) in [5, 5.41) is 14.4. The van der Waals surface area contributed by atoms with Gasteiger partial charge in [0.05, 0.1) is 12.8 Å². The van der Waals surface area contributed by atoms with Crippen LogP contribution in [0.1, 0.15) is 17.5 Å². The zero-order chi connectivity index (χ0) is 17.1. The lowest BCUT2D eigenvalue weighted by Crippen LogP contribution is -2.28. The molecule has 0 unspecified atom stereocenters. The summed E-state index contributed by atoms with van der Waals surface area (Å²) in [4.78, 5) is 12.1. The molecular weight excluding hydrogens is 328 g/mol. The highest BCUT2D eigenvalue weighted by atomic mass is 35.5. The first-order valence-corrected chi connectivity index (χ1v) is 7.65. The van der Waals surface area contributed by atoms with Crippen LogP contribution >= 0.6 is 11.6 Å². The van der Waals surface area contributed by atoms with Crippen molar-refractivity contribution in [1.29, 1.82) is 0 Å². The number of hydrazone groups is 1. The smallest absolute Gasteiger partial charge is 0.267 e. The number of carbonyl (C=O) groups excluding carboxylic acids is 1. The summed E-state index contributed by atoms with van der Waals surface area (Å²) in [6, 6.07) is 12.2. The van der Waals surface area contributed by atoms with Crippen molar-refractivity contribution in [2.24, 2.45) is 5.10 Å². The zero-order valence-electron chi connectivity index (χ0n) is 12.9. The normalized spacial score (nSPS) is 15.8.